The smallest absolute Gasteiger partial charge is 0.337 e. The van der Waals surface area contributed by atoms with E-state index in [0.29, 0.717) is 35.8 Å². The van der Waals surface area contributed by atoms with Gasteiger partial charge in [-0.15, -0.1) is 11.3 Å². The van der Waals surface area contributed by atoms with E-state index in [4.69, 9.17) is 0 Å². The Balaban J connectivity index is 1.45. The van der Waals surface area contributed by atoms with Crippen molar-refractivity contribution in [2.75, 3.05) is 19.0 Å². The number of aromatic nitrogens is 1. The molecule has 1 aliphatic carbocycles. The molecule has 148 valence electrons. The van der Waals surface area contributed by atoms with Crippen molar-refractivity contribution >= 4 is 38.4 Å². The van der Waals surface area contributed by atoms with Crippen LogP contribution < -0.4 is 5.32 Å². The van der Waals surface area contributed by atoms with Crippen molar-refractivity contribution < 1.29 is 22.7 Å². The van der Waals surface area contributed by atoms with Crippen LogP contribution in [-0.4, -0.2) is 48.5 Å². The lowest BCUT2D eigenvalue weighted by Crippen LogP contribution is -2.37. The zero-order valence-corrected chi connectivity index (χ0v) is 16.8. The third kappa shape index (κ3) is 3.67. The summed E-state index contributed by atoms with van der Waals surface area (Å²) in [5.74, 6) is -0.810. The van der Waals surface area contributed by atoms with Crippen LogP contribution in [0.4, 0.5) is 5.13 Å². The lowest BCUT2D eigenvalue weighted by Gasteiger charge is -2.25. The van der Waals surface area contributed by atoms with Crippen molar-refractivity contribution in [3.05, 3.63) is 46.0 Å². The highest BCUT2D eigenvalue weighted by Crippen LogP contribution is 2.35. The van der Waals surface area contributed by atoms with Gasteiger partial charge in [-0.05, 0) is 37.1 Å². The quantitative estimate of drug-likeness (QED) is 0.741. The molecule has 0 unspecified atom stereocenters. The highest BCUT2D eigenvalue weighted by molar-refractivity contribution is 7.90. The van der Waals surface area contributed by atoms with Gasteiger partial charge in [0.25, 0.3) is 5.91 Å². The minimum absolute atomic E-state index is 0.228. The van der Waals surface area contributed by atoms with Crippen LogP contribution in [0.3, 0.4) is 0 Å². The summed E-state index contributed by atoms with van der Waals surface area (Å²) < 4.78 is 31.0. The average Bonchev–Trinajstić information content (AvgIpc) is 3.48. The number of thiazole rings is 1. The molecule has 1 fully saturated rings. The van der Waals surface area contributed by atoms with Gasteiger partial charge in [0.05, 0.1) is 23.6 Å². The number of hydrogen-bond donors (Lipinski definition) is 1. The Bertz CT molecular complexity index is 1030. The van der Waals surface area contributed by atoms with Gasteiger partial charge in [0, 0.05) is 30.0 Å². The molecular weight excluding hydrogens is 402 g/mol. The minimum atomic E-state index is -3.21. The molecule has 8 nitrogen and oxygen atoms in total. The van der Waals surface area contributed by atoms with E-state index < -0.39 is 16.0 Å². The van der Waals surface area contributed by atoms with Crippen molar-refractivity contribution in [1.82, 2.24) is 9.29 Å². The van der Waals surface area contributed by atoms with Gasteiger partial charge in [0.1, 0.15) is 0 Å². The molecule has 28 heavy (non-hydrogen) atoms. The Morgan fingerprint density at radius 3 is 2.54 bits per heavy atom. The van der Waals surface area contributed by atoms with Crippen molar-refractivity contribution in [2.45, 2.75) is 31.1 Å². The first kappa shape index (κ1) is 19.0. The SMILES string of the molecule is COC(=O)c1ccc(C(=O)Nc2nc3c(s2)CN(S(=O)(=O)C2CC2)CC3)cc1. The van der Waals surface area contributed by atoms with E-state index in [1.165, 1.54) is 34.9 Å². The molecule has 2 aliphatic rings. The maximum atomic E-state index is 12.4. The van der Waals surface area contributed by atoms with Gasteiger partial charge < -0.3 is 4.74 Å². The van der Waals surface area contributed by atoms with Crippen LogP contribution in [-0.2, 0) is 27.7 Å². The highest BCUT2D eigenvalue weighted by atomic mass is 32.2. The molecule has 4 rings (SSSR count). The van der Waals surface area contributed by atoms with Gasteiger partial charge in [0.2, 0.25) is 10.0 Å². The number of hydrogen-bond acceptors (Lipinski definition) is 7. The second kappa shape index (κ2) is 7.26. The molecule has 0 bridgehead atoms. The predicted molar refractivity (Wildman–Crippen MR) is 104 cm³/mol. The number of rotatable bonds is 5. The molecule has 2 aromatic rings. The lowest BCUT2D eigenvalue weighted by molar-refractivity contribution is 0.0600. The second-order valence-electron chi connectivity index (χ2n) is 6.74. The number of carbonyl (C=O) groups excluding carboxylic acids is 2. The first-order valence-corrected chi connectivity index (χ1v) is 11.2. The summed E-state index contributed by atoms with van der Waals surface area (Å²) in [5.41, 5.74) is 1.59. The van der Waals surface area contributed by atoms with Gasteiger partial charge >= 0.3 is 5.97 Å². The summed E-state index contributed by atoms with van der Waals surface area (Å²) in [7, 11) is -1.92. The van der Waals surface area contributed by atoms with Gasteiger partial charge in [0.15, 0.2) is 5.13 Å². The number of ether oxygens (including phenoxy) is 1. The van der Waals surface area contributed by atoms with E-state index >= 15 is 0 Å². The maximum Gasteiger partial charge on any atom is 0.337 e. The summed E-state index contributed by atoms with van der Waals surface area (Å²) in [4.78, 5) is 29.2. The Hall–Kier alpha value is -2.30. The van der Waals surface area contributed by atoms with Gasteiger partial charge in [-0.1, -0.05) is 0 Å². The van der Waals surface area contributed by atoms with E-state index in [-0.39, 0.29) is 11.2 Å². The summed E-state index contributed by atoms with van der Waals surface area (Å²) in [6.07, 6.45) is 2.02. The summed E-state index contributed by atoms with van der Waals surface area (Å²) in [5, 5.41) is 2.97. The number of nitrogens with zero attached hydrogens (tertiary/aromatic N) is 2. The van der Waals surface area contributed by atoms with Gasteiger partial charge in [-0.25, -0.2) is 18.2 Å². The summed E-state index contributed by atoms with van der Waals surface area (Å²) >= 11 is 1.30. The number of methoxy groups -OCH3 is 1. The first-order chi connectivity index (χ1) is 13.4. The zero-order valence-electron chi connectivity index (χ0n) is 15.2. The fraction of sp³-hybridized carbons (Fsp3) is 0.389. The van der Waals surface area contributed by atoms with Crippen molar-refractivity contribution in [1.29, 1.82) is 0 Å². The number of nitrogens with one attached hydrogen (secondary N) is 1. The molecule has 0 atom stereocenters. The number of carbonyl (C=O) groups is 2. The molecule has 1 aliphatic heterocycles. The summed E-state index contributed by atoms with van der Waals surface area (Å²) in [6.45, 7) is 0.744. The highest BCUT2D eigenvalue weighted by Gasteiger charge is 2.41. The van der Waals surface area contributed by atoms with Crippen LogP contribution in [0, 0.1) is 0 Å². The third-order valence-corrected chi connectivity index (χ3v) is 8.13. The average molecular weight is 422 g/mol. The van der Waals surface area contributed by atoms with E-state index in [0.717, 1.165) is 23.4 Å². The molecule has 1 aromatic carbocycles. The van der Waals surface area contributed by atoms with Crippen LogP contribution in [0.2, 0.25) is 0 Å². The molecular formula is C18H19N3O5S2. The Morgan fingerprint density at radius 1 is 1.21 bits per heavy atom. The monoisotopic (exact) mass is 421 g/mol. The predicted octanol–water partition coefficient (Wildman–Crippen LogP) is 2.03. The molecule has 1 N–H and O–H groups in total. The number of benzene rings is 1. The molecule has 2 heterocycles. The van der Waals surface area contributed by atoms with Gasteiger partial charge in [-0.2, -0.15) is 4.31 Å². The molecule has 0 spiro atoms. The standard InChI is InChI=1S/C18H19N3O5S2/c1-26-17(23)12-4-2-11(3-5-12)16(22)20-18-19-14-8-9-21(10-15(14)27-18)28(24,25)13-6-7-13/h2-5,13H,6-10H2,1H3,(H,19,20,22). The van der Waals surface area contributed by atoms with Crippen LogP contribution >= 0.6 is 11.3 Å². The Labute approximate surface area is 166 Å². The Morgan fingerprint density at radius 2 is 1.89 bits per heavy atom. The molecule has 1 saturated carbocycles. The van der Waals surface area contributed by atoms with Gasteiger partial charge in [-0.3, -0.25) is 10.1 Å². The van der Waals surface area contributed by atoms with E-state index in [1.54, 1.807) is 12.1 Å². The molecule has 1 aromatic heterocycles. The van der Waals surface area contributed by atoms with E-state index in [2.05, 4.69) is 15.0 Å². The molecule has 0 saturated heterocycles. The minimum Gasteiger partial charge on any atom is -0.465 e. The van der Waals surface area contributed by atoms with E-state index in [1.807, 2.05) is 0 Å². The van der Waals surface area contributed by atoms with Crippen LogP contribution in [0.1, 0.15) is 44.1 Å². The number of esters is 1. The Kier molecular flexibility index (Phi) is 4.94. The largest absolute Gasteiger partial charge is 0.465 e. The molecule has 1 amide bonds. The van der Waals surface area contributed by atoms with Crippen LogP contribution in [0.25, 0.3) is 0 Å². The second-order valence-corrected chi connectivity index (χ2v) is 10.0. The fourth-order valence-corrected chi connectivity index (χ4v) is 5.97. The third-order valence-electron chi connectivity index (χ3n) is 4.79. The van der Waals surface area contributed by atoms with Crippen molar-refractivity contribution in [3.8, 4) is 0 Å². The number of amides is 1. The summed E-state index contributed by atoms with van der Waals surface area (Å²) in [6, 6.07) is 6.13. The number of fused-ring (bicyclic) bond motifs is 1. The lowest BCUT2D eigenvalue weighted by atomic mass is 10.1. The number of sulfonamides is 1. The molecule has 10 heteroatoms. The van der Waals surface area contributed by atoms with Crippen molar-refractivity contribution in [3.63, 3.8) is 0 Å². The van der Waals surface area contributed by atoms with Crippen molar-refractivity contribution in [2.24, 2.45) is 0 Å². The first-order valence-electron chi connectivity index (χ1n) is 8.86. The molecule has 0 radical (unpaired) electrons. The maximum absolute atomic E-state index is 12.4. The number of anilines is 1. The topological polar surface area (TPSA) is 106 Å². The van der Waals surface area contributed by atoms with Crippen LogP contribution in [0.15, 0.2) is 24.3 Å². The normalized spacial score (nSPS) is 17.0. The fourth-order valence-electron chi connectivity index (χ4n) is 3.06. The zero-order chi connectivity index (χ0) is 19.9. The van der Waals surface area contributed by atoms with E-state index in [9.17, 15) is 18.0 Å². The van der Waals surface area contributed by atoms with Crippen LogP contribution in [0.5, 0.6) is 0 Å².